The van der Waals surface area contributed by atoms with E-state index >= 15 is 0 Å². The lowest BCUT2D eigenvalue weighted by Crippen LogP contribution is -2.52. The number of benzene rings is 2. The zero-order chi connectivity index (χ0) is 19.5. The first-order valence-electron chi connectivity index (χ1n) is 9.56. The fourth-order valence-corrected chi connectivity index (χ4v) is 3.73. The zero-order valence-corrected chi connectivity index (χ0v) is 19.1. The van der Waals surface area contributed by atoms with Crippen LogP contribution >= 0.6 is 24.0 Å². The lowest BCUT2D eigenvalue weighted by molar-refractivity contribution is 0.369. The van der Waals surface area contributed by atoms with Crippen LogP contribution in [0.2, 0.25) is 0 Å². The quantitative estimate of drug-likeness (QED) is 0.325. The number of guanidine groups is 1. The molecule has 0 saturated carbocycles. The number of phenolic OH excluding ortho intramolecular Hbond substituents is 1. The number of hydrogen-bond acceptors (Lipinski definition) is 4. The van der Waals surface area contributed by atoms with E-state index in [1.807, 2.05) is 50.5 Å². The van der Waals surface area contributed by atoms with Gasteiger partial charge in [-0.3, -0.25) is 4.99 Å². The molecule has 29 heavy (non-hydrogen) atoms. The van der Waals surface area contributed by atoms with Gasteiger partial charge in [-0.15, -0.1) is 24.0 Å². The first kappa shape index (κ1) is 21.2. The molecule has 2 heterocycles. The molecule has 0 spiro atoms. The summed E-state index contributed by atoms with van der Waals surface area (Å²) in [5.41, 5.74) is 3.03. The van der Waals surface area contributed by atoms with Crippen LogP contribution in [0.3, 0.4) is 0 Å². The smallest absolute Gasteiger partial charge is 0.194 e. The fraction of sp³-hybridized carbons (Fsp3) is 0.333. The van der Waals surface area contributed by atoms with E-state index in [4.69, 9.17) is 4.98 Å². The van der Waals surface area contributed by atoms with E-state index in [1.165, 1.54) is 0 Å². The van der Waals surface area contributed by atoms with Gasteiger partial charge in [0.25, 0.3) is 0 Å². The van der Waals surface area contributed by atoms with Crippen molar-refractivity contribution >= 4 is 46.7 Å². The maximum absolute atomic E-state index is 10.1. The van der Waals surface area contributed by atoms with Crippen LogP contribution in [0.1, 0.15) is 5.82 Å². The minimum absolute atomic E-state index is 0. The first-order chi connectivity index (χ1) is 13.7. The molecule has 0 amide bonds. The van der Waals surface area contributed by atoms with Crippen molar-refractivity contribution in [2.45, 2.75) is 6.54 Å². The summed E-state index contributed by atoms with van der Waals surface area (Å²) in [5.74, 6) is 2.19. The number of aliphatic imine (C=N–C) groups is 1. The third-order valence-electron chi connectivity index (χ3n) is 5.30. The van der Waals surface area contributed by atoms with E-state index in [0.717, 1.165) is 54.7 Å². The van der Waals surface area contributed by atoms with Gasteiger partial charge in [0.05, 0.1) is 23.3 Å². The molecule has 2 aromatic carbocycles. The Kier molecular flexibility index (Phi) is 6.83. The van der Waals surface area contributed by atoms with Crippen LogP contribution in [-0.2, 0) is 13.6 Å². The molecule has 1 aromatic heterocycles. The number of imidazole rings is 1. The Labute approximate surface area is 188 Å². The van der Waals surface area contributed by atoms with Crippen LogP contribution in [0, 0.1) is 0 Å². The molecule has 3 aromatic rings. The molecular weight excluding hydrogens is 479 g/mol. The molecule has 0 atom stereocenters. The monoisotopic (exact) mass is 506 g/mol. The number of aromatic hydroxyl groups is 1. The predicted molar refractivity (Wildman–Crippen MR) is 128 cm³/mol. The minimum atomic E-state index is 0. The van der Waals surface area contributed by atoms with Crippen molar-refractivity contribution in [3.63, 3.8) is 0 Å². The molecule has 4 rings (SSSR count). The van der Waals surface area contributed by atoms with Crippen molar-refractivity contribution in [2.75, 3.05) is 38.1 Å². The molecular formula is C21H27IN6O. The fourth-order valence-electron chi connectivity index (χ4n) is 3.73. The van der Waals surface area contributed by atoms with Gasteiger partial charge in [0.15, 0.2) is 5.96 Å². The van der Waals surface area contributed by atoms with Gasteiger partial charge in [-0.1, -0.05) is 24.3 Å². The van der Waals surface area contributed by atoms with E-state index in [-0.39, 0.29) is 24.0 Å². The average molecular weight is 506 g/mol. The molecule has 0 bridgehead atoms. The number of hydrogen-bond donors (Lipinski definition) is 2. The summed E-state index contributed by atoms with van der Waals surface area (Å²) in [6.45, 7) is 3.99. The third-order valence-corrected chi connectivity index (χ3v) is 5.30. The second-order valence-corrected chi connectivity index (χ2v) is 6.94. The molecule has 0 unspecified atom stereocenters. The SMILES string of the molecule is CN=C(NCc1nc2ccccc2n1C)N1CCN(c2ccccc2O)CC1.I. The summed E-state index contributed by atoms with van der Waals surface area (Å²) in [6, 6.07) is 15.7. The average Bonchev–Trinajstić information content (AvgIpc) is 3.05. The Balaban J connectivity index is 0.00000240. The summed E-state index contributed by atoms with van der Waals surface area (Å²) in [4.78, 5) is 13.6. The number of halogens is 1. The topological polar surface area (TPSA) is 68.9 Å². The van der Waals surface area contributed by atoms with Crippen molar-refractivity contribution in [1.82, 2.24) is 19.8 Å². The number of nitrogens with zero attached hydrogens (tertiary/aromatic N) is 5. The maximum atomic E-state index is 10.1. The van der Waals surface area contributed by atoms with Crippen LogP contribution in [-0.4, -0.2) is 58.7 Å². The normalized spacial score (nSPS) is 14.8. The van der Waals surface area contributed by atoms with E-state index < -0.39 is 0 Å². The van der Waals surface area contributed by atoms with Gasteiger partial charge in [-0.05, 0) is 24.3 Å². The summed E-state index contributed by atoms with van der Waals surface area (Å²) < 4.78 is 2.12. The van der Waals surface area contributed by atoms with Gasteiger partial charge in [-0.25, -0.2) is 4.98 Å². The Bertz CT molecular complexity index is 994. The maximum Gasteiger partial charge on any atom is 0.194 e. The van der Waals surface area contributed by atoms with Gasteiger partial charge < -0.3 is 24.8 Å². The molecule has 8 heteroatoms. The van der Waals surface area contributed by atoms with Crippen LogP contribution < -0.4 is 10.2 Å². The largest absolute Gasteiger partial charge is 0.506 e. The molecule has 154 valence electrons. The van der Waals surface area contributed by atoms with E-state index in [2.05, 4.69) is 30.7 Å². The van der Waals surface area contributed by atoms with Gasteiger partial charge >= 0.3 is 0 Å². The third kappa shape index (κ3) is 4.42. The number of phenols is 1. The van der Waals surface area contributed by atoms with E-state index in [1.54, 1.807) is 6.07 Å². The lowest BCUT2D eigenvalue weighted by atomic mass is 10.2. The molecule has 1 aliphatic rings. The van der Waals surface area contributed by atoms with Gasteiger partial charge in [0, 0.05) is 40.3 Å². The Morgan fingerprint density at radius 1 is 1.07 bits per heavy atom. The predicted octanol–water partition coefficient (Wildman–Crippen LogP) is 2.79. The highest BCUT2D eigenvalue weighted by molar-refractivity contribution is 14.0. The molecule has 7 nitrogen and oxygen atoms in total. The standard InChI is InChI=1S/C21H26N6O.HI/c1-22-21(23-15-20-24-16-7-3-4-8-17(16)25(20)2)27-13-11-26(12-14-27)18-9-5-6-10-19(18)28;/h3-10,28H,11-15H2,1-2H3,(H,22,23);1H. The highest BCUT2D eigenvalue weighted by Crippen LogP contribution is 2.27. The summed E-state index contributed by atoms with van der Waals surface area (Å²) in [7, 11) is 3.85. The molecule has 2 N–H and O–H groups in total. The number of fused-ring (bicyclic) bond motifs is 1. The molecule has 1 aliphatic heterocycles. The zero-order valence-electron chi connectivity index (χ0n) is 16.7. The minimum Gasteiger partial charge on any atom is -0.506 e. The first-order valence-corrected chi connectivity index (χ1v) is 9.56. The number of anilines is 1. The summed E-state index contributed by atoms with van der Waals surface area (Å²) >= 11 is 0. The van der Waals surface area contributed by atoms with Crippen LogP contribution in [0.4, 0.5) is 5.69 Å². The second kappa shape index (κ2) is 9.34. The summed E-state index contributed by atoms with van der Waals surface area (Å²) in [6.07, 6.45) is 0. The Morgan fingerprint density at radius 3 is 2.45 bits per heavy atom. The Hall–Kier alpha value is -2.49. The number of piperazine rings is 1. The Morgan fingerprint density at radius 2 is 1.76 bits per heavy atom. The highest BCUT2D eigenvalue weighted by Gasteiger charge is 2.21. The van der Waals surface area contributed by atoms with Gasteiger partial charge in [-0.2, -0.15) is 0 Å². The highest BCUT2D eigenvalue weighted by atomic mass is 127. The lowest BCUT2D eigenvalue weighted by Gasteiger charge is -2.37. The number of aryl methyl sites for hydroxylation is 1. The van der Waals surface area contributed by atoms with Crippen LogP contribution in [0.15, 0.2) is 53.5 Å². The number of aromatic nitrogens is 2. The molecule has 0 radical (unpaired) electrons. The molecule has 1 fully saturated rings. The van der Waals surface area contributed by atoms with Crippen LogP contribution in [0.5, 0.6) is 5.75 Å². The van der Waals surface area contributed by atoms with Crippen molar-refractivity contribution < 1.29 is 5.11 Å². The van der Waals surface area contributed by atoms with Crippen molar-refractivity contribution in [2.24, 2.45) is 12.0 Å². The summed E-state index contributed by atoms with van der Waals surface area (Å²) in [5, 5.41) is 13.5. The van der Waals surface area contributed by atoms with E-state index in [9.17, 15) is 5.11 Å². The van der Waals surface area contributed by atoms with Crippen molar-refractivity contribution in [3.8, 4) is 5.75 Å². The molecule has 1 saturated heterocycles. The number of rotatable bonds is 3. The van der Waals surface area contributed by atoms with E-state index in [0.29, 0.717) is 12.3 Å². The van der Waals surface area contributed by atoms with Gasteiger partial charge in [0.1, 0.15) is 11.6 Å². The second-order valence-electron chi connectivity index (χ2n) is 6.94. The molecule has 0 aliphatic carbocycles. The number of para-hydroxylation sites is 4. The van der Waals surface area contributed by atoms with Gasteiger partial charge in [0.2, 0.25) is 0 Å². The number of nitrogens with one attached hydrogen (secondary N) is 1. The van der Waals surface area contributed by atoms with Crippen molar-refractivity contribution in [3.05, 3.63) is 54.4 Å². The van der Waals surface area contributed by atoms with Crippen molar-refractivity contribution in [1.29, 1.82) is 0 Å². The van der Waals surface area contributed by atoms with Crippen LogP contribution in [0.25, 0.3) is 11.0 Å².